The molecule has 1 atom stereocenters. The number of hydrogen-bond acceptors (Lipinski definition) is 5. The first-order chi connectivity index (χ1) is 18.0. The number of rotatable bonds is 5. The number of allylic oxidation sites excluding steroid dienone is 1. The van der Waals surface area contributed by atoms with Gasteiger partial charge in [-0.05, 0) is 0 Å². The van der Waals surface area contributed by atoms with Crippen LogP contribution in [0.15, 0.2) is 66.1 Å². The van der Waals surface area contributed by atoms with Gasteiger partial charge >= 0.3 is 203 Å². The Hall–Kier alpha value is -3.72. The molecule has 0 saturated heterocycles. The van der Waals surface area contributed by atoms with Crippen LogP contribution in [0.3, 0.4) is 0 Å². The molecule has 12 heteroatoms. The maximum absolute atomic E-state index is 14.7. The Morgan fingerprint density at radius 3 is 2.66 bits per heavy atom. The van der Waals surface area contributed by atoms with Crippen LogP contribution < -0.4 is 10.6 Å². The molecule has 0 saturated carbocycles. The molecule has 1 amide bonds. The third-order valence-electron chi connectivity index (χ3n) is 6.09. The standard InChI is InChI=1S/C26H23AsF4N6O/c1-14-23(25(38)35-21-7-5-16-13-32-9-8-20(16)34-21)24(15-4-6-18(19(28)10-15)26(29,30)31)37-22(33-14)11-17(36-37)12-27(2)3/h4-11,13,24,33H,12H2,1-3H3,(H,34,35,38). The molecule has 5 rings (SSSR count). The summed E-state index contributed by atoms with van der Waals surface area (Å²) in [5, 5.41) is 12.2. The van der Waals surface area contributed by atoms with E-state index in [9.17, 15) is 22.4 Å². The molecule has 4 heterocycles. The summed E-state index contributed by atoms with van der Waals surface area (Å²) in [5.41, 5.74) is 5.23. The van der Waals surface area contributed by atoms with Crippen molar-refractivity contribution in [2.24, 2.45) is 0 Å². The van der Waals surface area contributed by atoms with Gasteiger partial charge in [-0.15, -0.1) is 0 Å². The number of anilines is 2. The summed E-state index contributed by atoms with van der Waals surface area (Å²) in [7, 11) is 0. The second-order valence-electron chi connectivity index (χ2n) is 9.23. The van der Waals surface area contributed by atoms with Gasteiger partial charge in [0, 0.05) is 12.4 Å². The van der Waals surface area contributed by atoms with Gasteiger partial charge in [-0.1, -0.05) is 0 Å². The van der Waals surface area contributed by atoms with Gasteiger partial charge < -0.3 is 0 Å². The van der Waals surface area contributed by atoms with E-state index in [0.717, 1.165) is 22.4 Å². The zero-order chi connectivity index (χ0) is 27.2. The van der Waals surface area contributed by atoms with Gasteiger partial charge in [-0.2, -0.15) is 0 Å². The van der Waals surface area contributed by atoms with E-state index < -0.39 is 44.2 Å². The molecule has 3 aromatic heterocycles. The molecule has 0 bridgehead atoms. The predicted octanol–water partition coefficient (Wildman–Crippen LogP) is 5.75. The molecule has 1 aliphatic rings. The summed E-state index contributed by atoms with van der Waals surface area (Å²) in [6, 6.07) is 8.71. The van der Waals surface area contributed by atoms with Crippen LogP contribution >= 0.6 is 0 Å². The van der Waals surface area contributed by atoms with Gasteiger partial charge in [0.1, 0.15) is 0 Å². The van der Waals surface area contributed by atoms with E-state index in [2.05, 4.69) is 37.1 Å². The average molecular weight is 586 g/mol. The van der Waals surface area contributed by atoms with E-state index in [1.54, 1.807) is 37.5 Å². The fraction of sp³-hybridized carbons (Fsp3) is 0.231. The van der Waals surface area contributed by atoms with Crippen LogP contribution in [-0.4, -0.2) is 40.3 Å². The molecule has 0 fully saturated rings. The molecule has 0 radical (unpaired) electrons. The number of aromatic nitrogens is 4. The molecule has 1 unspecified atom stereocenters. The first-order valence-corrected chi connectivity index (χ1v) is 16.7. The number of fused-ring (bicyclic) bond motifs is 2. The van der Waals surface area contributed by atoms with Crippen molar-refractivity contribution in [3.63, 3.8) is 0 Å². The normalized spacial score (nSPS) is 15.5. The Labute approximate surface area is 220 Å². The first kappa shape index (κ1) is 25.9. The van der Waals surface area contributed by atoms with Crippen molar-refractivity contribution in [3.8, 4) is 0 Å². The second-order valence-corrected chi connectivity index (χ2v) is 14.4. The molecule has 4 aromatic rings. The molecular weight excluding hydrogens is 563 g/mol. The van der Waals surface area contributed by atoms with Crippen LogP contribution in [0.4, 0.5) is 29.2 Å². The van der Waals surface area contributed by atoms with Gasteiger partial charge in [0.25, 0.3) is 0 Å². The third kappa shape index (κ3) is 5.02. The van der Waals surface area contributed by atoms with Crippen molar-refractivity contribution in [1.82, 2.24) is 19.7 Å². The number of nitrogens with one attached hydrogen (secondary N) is 2. The topological polar surface area (TPSA) is 84.7 Å². The SMILES string of the molecule is CC1=C(C(=O)Nc2ccc3cnccc3n2)C(c2ccc(C(F)(F)F)c(F)c2)n2nc(C[As](C)C)cc2N1. The van der Waals surface area contributed by atoms with Gasteiger partial charge in [0.2, 0.25) is 0 Å². The number of halogens is 4. The van der Waals surface area contributed by atoms with Crippen LogP contribution in [0.2, 0.25) is 11.4 Å². The second kappa shape index (κ2) is 9.87. The van der Waals surface area contributed by atoms with E-state index in [-0.39, 0.29) is 17.0 Å². The van der Waals surface area contributed by atoms with E-state index >= 15 is 0 Å². The summed E-state index contributed by atoms with van der Waals surface area (Å²) in [6.45, 7) is 1.69. The van der Waals surface area contributed by atoms with Crippen molar-refractivity contribution >= 4 is 43.1 Å². The van der Waals surface area contributed by atoms with E-state index in [1.165, 1.54) is 10.7 Å². The quantitative estimate of drug-likeness (QED) is 0.230. The summed E-state index contributed by atoms with van der Waals surface area (Å²) in [5.74, 6) is -1.10. The number of pyridine rings is 2. The Bertz CT molecular complexity index is 1580. The minimum absolute atomic E-state index is 0.164. The zero-order valence-electron chi connectivity index (χ0n) is 20.6. The Morgan fingerprint density at radius 2 is 1.95 bits per heavy atom. The first-order valence-electron chi connectivity index (χ1n) is 11.6. The molecule has 2 N–H and O–H groups in total. The van der Waals surface area contributed by atoms with Crippen LogP contribution in [0, 0.1) is 5.82 Å². The fourth-order valence-electron chi connectivity index (χ4n) is 4.48. The number of carbonyl (C=O) groups is 1. The van der Waals surface area contributed by atoms with Gasteiger partial charge in [-0.3, -0.25) is 4.98 Å². The van der Waals surface area contributed by atoms with Crippen molar-refractivity contribution < 1.29 is 22.4 Å². The zero-order valence-corrected chi connectivity index (χ0v) is 22.5. The molecule has 1 aromatic carbocycles. The number of hydrogen-bond donors (Lipinski definition) is 2. The number of amides is 1. The number of nitrogens with zero attached hydrogens (tertiary/aromatic N) is 4. The number of benzene rings is 1. The van der Waals surface area contributed by atoms with Crippen LogP contribution in [0.5, 0.6) is 0 Å². The van der Waals surface area contributed by atoms with Crippen LogP contribution in [0.25, 0.3) is 10.9 Å². The Morgan fingerprint density at radius 1 is 1.16 bits per heavy atom. The minimum atomic E-state index is -4.84. The van der Waals surface area contributed by atoms with E-state index in [4.69, 9.17) is 0 Å². The van der Waals surface area contributed by atoms with E-state index in [1.807, 2.05) is 6.07 Å². The summed E-state index contributed by atoms with van der Waals surface area (Å²) >= 11 is -1.11. The summed E-state index contributed by atoms with van der Waals surface area (Å²) in [4.78, 5) is 22.1. The van der Waals surface area contributed by atoms with Gasteiger partial charge in [0.05, 0.1) is 0 Å². The average Bonchev–Trinajstić information content (AvgIpc) is 3.23. The maximum atomic E-state index is 14.7. The van der Waals surface area contributed by atoms with Crippen molar-refractivity contribution in [2.75, 3.05) is 10.6 Å². The number of carbonyl (C=O) groups excluding carboxylic acids is 1. The third-order valence-corrected chi connectivity index (χ3v) is 8.10. The Balaban J connectivity index is 1.58. The van der Waals surface area contributed by atoms with E-state index in [0.29, 0.717) is 23.1 Å². The molecule has 196 valence electrons. The van der Waals surface area contributed by atoms with Crippen molar-refractivity contribution in [2.45, 2.75) is 35.8 Å². The summed E-state index contributed by atoms with van der Waals surface area (Å²) < 4.78 is 56.0. The van der Waals surface area contributed by atoms with Crippen LogP contribution in [0.1, 0.15) is 29.8 Å². The Kier molecular flexibility index (Phi) is 6.73. The summed E-state index contributed by atoms with van der Waals surface area (Å²) in [6.07, 6.45) is -1.60. The monoisotopic (exact) mass is 586 g/mol. The van der Waals surface area contributed by atoms with Crippen molar-refractivity contribution in [3.05, 3.63) is 88.8 Å². The predicted molar refractivity (Wildman–Crippen MR) is 137 cm³/mol. The fourth-order valence-corrected chi connectivity index (χ4v) is 6.16. The van der Waals surface area contributed by atoms with Crippen LogP contribution in [-0.2, 0) is 16.2 Å². The van der Waals surface area contributed by atoms with Gasteiger partial charge in [0.15, 0.2) is 0 Å². The molecule has 0 aliphatic carbocycles. The van der Waals surface area contributed by atoms with Crippen molar-refractivity contribution in [1.29, 1.82) is 0 Å². The molecule has 1 aliphatic heterocycles. The number of alkyl halides is 3. The molecule has 7 nitrogen and oxygen atoms in total. The molecule has 38 heavy (non-hydrogen) atoms. The van der Waals surface area contributed by atoms with Gasteiger partial charge in [-0.25, -0.2) is 0 Å². The molecule has 0 spiro atoms. The molecular formula is C26H23AsF4N6O.